The number of aromatic nitrogens is 2. The number of nitrogens with one attached hydrogen (secondary N) is 1. The number of hydrogen-bond donors (Lipinski definition) is 1. The lowest BCUT2D eigenvalue weighted by molar-refractivity contribution is -0.123. The van der Waals surface area contributed by atoms with Crippen LogP contribution in [0.3, 0.4) is 0 Å². The second-order valence-electron chi connectivity index (χ2n) is 8.73. The minimum atomic E-state index is -0.0144. The van der Waals surface area contributed by atoms with Crippen molar-refractivity contribution >= 4 is 11.8 Å². The van der Waals surface area contributed by atoms with E-state index in [1.165, 1.54) is 0 Å². The second-order valence-corrected chi connectivity index (χ2v) is 8.73. The Morgan fingerprint density at radius 3 is 2.21 bits per heavy atom. The minimum absolute atomic E-state index is 0.0144. The maximum absolute atomic E-state index is 13.5. The maximum Gasteiger partial charge on any atom is 0.257 e. The fraction of sp³-hybridized carbons (Fsp3) is 0.346. The van der Waals surface area contributed by atoms with Gasteiger partial charge in [-0.25, -0.2) is 0 Å². The summed E-state index contributed by atoms with van der Waals surface area (Å²) in [5.41, 5.74) is 3.38. The molecule has 1 aliphatic heterocycles. The molecule has 1 fully saturated rings. The van der Waals surface area contributed by atoms with Gasteiger partial charge in [-0.3, -0.25) is 19.2 Å². The first kappa shape index (κ1) is 22.7. The summed E-state index contributed by atoms with van der Waals surface area (Å²) in [5.74, 6) is 0.0118. The fourth-order valence-electron chi connectivity index (χ4n) is 4.09. The van der Waals surface area contributed by atoms with Crippen molar-refractivity contribution in [3.05, 3.63) is 78.0 Å². The van der Waals surface area contributed by atoms with E-state index in [2.05, 4.69) is 22.3 Å². The topological polar surface area (TPSA) is 70.5 Å². The number of benzene rings is 2. The highest BCUT2D eigenvalue weighted by Gasteiger charge is 2.27. The van der Waals surface area contributed by atoms with Crippen LogP contribution >= 0.6 is 0 Å². The van der Waals surface area contributed by atoms with Crippen LogP contribution in [0.15, 0.2) is 66.9 Å². The number of piperazine rings is 1. The standard InChI is InChI=1S/C26H31N5O2/c1-20(2)27-24(32)19-29-13-15-30(16-14-29)26(33)23-18-31(17-21-9-5-3-6-10-21)28-25(23)22-11-7-4-8-12-22/h3-12,18,20H,13-17,19H2,1-2H3,(H,27,32). The Balaban J connectivity index is 1.49. The van der Waals surface area contributed by atoms with Crippen molar-refractivity contribution in [1.29, 1.82) is 0 Å². The molecule has 1 N–H and O–H groups in total. The van der Waals surface area contributed by atoms with Gasteiger partial charge in [-0.05, 0) is 19.4 Å². The zero-order chi connectivity index (χ0) is 23.2. The van der Waals surface area contributed by atoms with Crippen LogP contribution in [0.1, 0.15) is 29.8 Å². The van der Waals surface area contributed by atoms with E-state index in [9.17, 15) is 9.59 Å². The van der Waals surface area contributed by atoms with Crippen molar-refractivity contribution in [2.45, 2.75) is 26.4 Å². The number of carbonyl (C=O) groups excluding carboxylic acids is 2. The molecule has 7 heteroatoms. The van der Waals surface area contributed by atoms with Crippen molar-refractivity contribution in [3.63, 3.8) is 0 Å². The van der Waals surface area contributed by atoms with E-state index in [4.69, 9.17) is 5.10 Å². The van der Waals surface area contributed by atoms with Gasteiger partial charge in [0.05, 0.1) is 18.7 Å². The summed E-state index contributed by atoms with van der Waals surface area (Å²) in [7, 11) is 0. The average molecular weight is 446 g/mol. The SMILES string of the molecule is CC(C)NC(=O)CN1CCN(C(=O)c2cn(Cc3ccccc3)nc2-c2ccccc2)CC1. The molecule has 33 heavy (non-hydrogen) atoms. The molecule has 2 aromatic carbocycles. The smallest absolute Gasteiger partial charge is 0.257 e. The highest BCUT2D eigenvalue weighted by Crippen LogP contribution is 2.24. The summed E-state index contributed by atoms with van der Waals surface area (Å²) in [5, 5.41) is 7.71. The number of nitrogens with zero attached hydrogens (tertiary/aromatic N) is 4. The monoisotopic (exact) mass is 445 g/mol. The maximum atomic E-state index is 13.5. The van der Waals surface area contributed by atoms with Crippen LogP contribution in [0.4, 0.5) is 0 Å². The van der Waals surface area contributed by atoms with Gasteiger partial charge in [-0.1, -0.05) is 60.7 Å². The Labute approximate surface area is 195 Å². The van der Waals surface area contributed by atoms with Crippen LogP contribution in [0.5, 0.6) is 0 Å². The molecule has 0 spiro atoms. The number of amides is 2. The molecule has 7 nitrogen and oxygen atoms in total. The highest BCUT2D eigenvalue weighted by atomic mass is 16.2. The van der Waals surface area contributed by atoms with E-state index in [0.717, 1.165) is 11.1 Å². The summed E-state index contributed by atoms with van der Waals surface area (Å²) in [6.45, 7) is 7.41. The number of rotatable bonds is 7. The first-order chi connectivity index (χ1) is 16.0. The van der Waals surface area contributed by atoms with Gasteiger partial charge >= 0.3 is 0 Å². The minimum Gasteiger partial charge on any atom is -0.353 e. The third kappa shape index (κ3) is 5.87. The molecule has 1 aliphatic rings. The van der Waals surface area contributed by atoms with E-state index in [1.807, 2.05) is 78.2 Å². The second kappa shape index (κ2) is 10.4. The molecule has 4 rings (SSSR count). The van der Waals surface area contributed by atoms with Crippen molar-refractivity contribution < 1.29 is 9.59 Å². The van der Waals surface area contributed by atoms with Gasteiger partial charge in [0.15, 0.2) is 0 Å². The molecule has 0 radical (unpaired) electrons. The molecule has 0 aliphatic carbocycles. The molecule has 0 saturated carbocycles. The van der Waals surface area contributed by atoms with E-state index in [-0.39, 0.29) is 17.9 Å². The lowest BCUT2D eigenvalue weighted by Gasteiger charge is -2.34. The van der Waals surface area contributed by atoms with E-state index in [1.54, 1.807) is 0 Å². The molecule has 0 bridgehead atoms. The van der Waals surface area contributed by atoms with Crippen LogP contribution in [0, 0.1) is 0 Å². The molecule has 3 aromatic rings. The largest absolute Gasteiger partial charge is 0.353 e. The summed E-state index contributed by atoms with van der Waals surface area (Å²) in [6.07, 6.45) is 1.86. The predicted octanol–water partition coefficient (Wildman–Crippen LogP) is 2.88. The fourth-order valence-corrected chi connectivity index (χ4v) is 4.09. The number of carbonyl (C=O) groups is 2. The molecule has 1 saturated heterocycles. The summed E-state index contributed by atoms with van der Waals surface area (Å²) >= 11 is 0. The van der Waals surface area contributed by atoms with Crippen LogP contribution in [0.25, 0.3) is 11.3 Å². The zero-order valence-corrected chi connectivity index (χ0v) is 19.3. The van der Waals surface area contributed by atoms with Gasteiger partial charge in [0.25, 0.3) is 5.91 Å². The molecular weight excluding hydrogens is 414 g/mol. The quantitative estimate of drug-likeness (QED) is 0.607. The number of hydrogen-bond acceptors (Lipinski definition) is 4. The van der Waals surface area contributed by atoms with Gasteiger partial charge in [0, 0.05) is 44.0 Å². The summed E-state index contributed by atoms with van der Waals surface area (Å²) < 4.78 is 1.84. The molecule has 0 unspecified atom stereocenters. The van der Waals surface area contributed by atoms with Crippen molar-refractivity contribution in [2.24, 2.45) is 0 Å². The molecule has 1 aromatic heterocycles. The third-order valence-electron chi connectivity index (χ3n) is 5.70. The van der Waals surface area contributed by atoms with E-state index in [0.29, 0.717) is 50.5 Å². The van der Waals surface area contributed by atoms with Gasteiger partial charge in [0.1, 0.15) is 5.69 Å². The third-order valence-corrected chi connectivity index (χ3v) is 5.70. The van der Waals surface area contributed by atoms with Crippen molar-refractivity contribution in [3.8, 4) is 11.3 Å². The van der Waals surface area contributed by atoms with Crippen LogP contribution < -0.4 is 5.32 Å². The highest BCUT2D eigenvalue weighted by molar-refractivity contribution is 5.99. The van der Waals surface area contributed by atoms with Crippen LogP contribution in [-0.4, -0.2) is 70.2 Å². The Morgan fingerprint density at radius 1 is 0.939 bits per heavy atom. The van der Waals surface area contributed by atoms with Gasteiger partial charge in [-0.2, -0.15) is 5.10 Å². The summed E-state index contributed by atoms with van der Waals surface area (Å²) in [4.78, 5) is 29.5. The van der Waals surface area contributed by atoms with Crippen molar-refractivity contribution in [1.82, 2.24) is 24.9 Å². The van der Waals surface area contributed by atoms with E-state index >= 15 is 0 Å². The Bertz CT molecular complexity index is 1070. The lowest BCUT2D eigenvalue weighted by atomic mass is 10.1. The Morgan fingerprint density at radius 2 is 1.58 bits per heavy atom. The summed E-state index contributed by atoms with van der Waals surface area (Å²) in [6, 6.07) is 20.1. The average Bonchev–Trinajstić information content (AvgIpc) is 3.23. The van der Waals surface area contributed by atoms with Gasteiger partial charge in [-0.15, -0.1) is 0 Å². The van der Waals surface area contributed by atoms with Crippen molar-refractivity contribution in [2.75, 3.05) is 32.7 Å². The predicted molar refractivity (Wildman–Crippen MR) is 129 cm³/mol. The normalized spacial score (nSPS) is 14.5. The molecule has 2 heterocycles. The van der Waals surface area contributed by atoms with Gasteiger partial charge in [0.2, 0.25) is 5.91 Å². The Hall–Kier alpha value is -3.45. The molecule has 2 amide bonds. The van der Waals surface area contributed by atoms with Crippen LogP contribution in [0.2, 0.25) is 0 Å². The molecule has 172 valence electrons. The molecule has 0 atom stereocenters. The Kier molecular flexibility index (Phi) is 7.19. The lowest BCUT2D eigenvalue weighted by Crippen LogP contribution is -2.51. The first-order valence-corrected chi connectivity index (χ1v) is 11.5. The van der Waals surface area contributed by atoms with Gasteiger partial charge < -0.3 is 10.2 Å². The first-order valence-electron chi connectivity index (χ1n) is 11.5. The zero-order valence-electron chi connectivity index (χ0n) is 19.3. The molecular formula is C26H31N5O2. The van der Waals surface area contributed by atoms with E-state index < -0.39 is 0 Å². The van der Waals surface area contributed by atoms with Crippen LogP contribution in [-0.2, 0) is 11.3 Å².